The zero-order chi connectivity index (χ0) is 19.8. The number of anilines is 5. The Balaban J connectivity index is 2.15. The topological polar surface area (TPSA) is 127 Å². The number of aromatic hydroxyl groups is 1. The van der Waals surface area contributed by atoms with E-state index in [4.69, 9.17) is 5.73 Å². The second-order valence-corrected chi connectivity index (χ2v) is 6.66. The van der Waals surface area contributed by atoms with E-state index < -0.39 is 0 Å². The molecule has 1 heterocycles. The number of nitrogens with zero attached hydrogens (tertiary/aromatic N) is 5. The van der Waals surface area contributed by atoms with E-state index >= 15 is 0 Å². The molecule has 2 rings (SSSR count). The first kappa shape index (κ1) is 20.5. The number of phenols is 1. The molecule has 10 nitrogen and oxygen atoms in total. The number of phenolic OH excluding ortho intramolecular Hbond substituents is 1. The summed E-state index contributed by atoms with van der Waals surface area (Å²) in [5.74, 6) is 1.38. The highest BCUT2D eigenvalue weighted by Crippen LogP contribution is 2.25. The predicted octanol–water partition coefficient (Wildman–Crippen LogP) is 0.850. The monoisotopic (exact) mass is 375 g/mol. The van der Waals surface area contributed by atoms with Crippen LogP contribution in [0.5, 0.6) is 5.75 Å². The molecule has 0 bridgehead atoms. The Labute approximate surface area is 159 Å². The molecule has 0 amide bonds. The summed E-state index contributed by atoms with van der Waals surface area (Å²) >= 11 is 0. The smallest absolute Gasteiger partial charge is 0.233 e. The minimum absolute atomic E-state index is 0.0354. The molecule has 10 heteroatoms. The van der Waals surface area contributed by atoms with Gasteiger partial charge in [0.1, 0.15) is 5.75 Å². The number of nitrogen functional groups attached to an aromatic ring is 1. The Bertz CT molecular complexity index is 704. The second-order valence-electron chi connectivity index (χ2n) is 6.66. The van der Waals surface area contributed by atoms with Crippen LogP contribution in [0.15, 0.2) is 18.2 Å². The molecule has 0 aliphatic rings. The van der Waals surface area contributed by atoms with Crippen molar-refractivity contribution in [3.63, 3.8) is 0 Å². The van der Waals surface area contributed by atoms with Crippen LogP contribution in [0, 0.1) is 0 Å². The summed E-state index contributed by atoms with van der Waals surface area (Å²) in [5.41, 5.74) is 6.70. The van der Waals surface area contributed by atoms with Crippen molar-refractivity contribution in [1.82, 2.24) is 24.8 Å². The minimum atomic E-state index is 0.0354. The van der Waals surface area contributed by atoms with Gasteiger partial charge in [0.05, 0.1) is 5.69 Å². The van der Waals surface area contributed by atoms with Crippen molar-refractivity contribution in [2.45, 2.75) is 0 Å². The summed E-state index contributed by atoms with van der Waals surface area (Å²) < 4.78 is 0. The van der Waals surface area contributed by atoms with Crippen molar-refractivity contribution < 1.29 is 5.11 Å². The maximum atomic E-state index is 9.56. The highest BCUT2D eigenvalue weighted by atomic mass is 16.3. The van der Waals surface area contributed by atoms with Crippen LogP contribution >= 0.6 is 0 Å². The lowest BCUT2D eigenvalue weighted by Crippen LogP contribution is -2.23. The third-order valence-corrected chi connectivity index (χ3v) is 3.60. The number of nitrogens with one attached hydrogen (secondary N) is 3. The molecular formula is C17H29N9O. The number of likely N-dealkylation sites (N-methyl/N-ethyl adjacent to an activating group) is 2. The number of rotatable bonds is 10. The molecule has 0 saturated carbocycles. The van der Waals surface area contributed by atoms with Crippen LogP contribution in [-0.2, 0) is 0 Å². The minimum Gasteiger partial charge on any atom is -0.506 e. The first-order valence-electron chi connectivity index (χ1n) is 8.72. The molecule has 148 valence electrons. The lowest BCUT2D eigenvalue weighted by molar-refractivity contribution is 0.424. The van der Waals surface area contributed by atoms with E-state index in [-0.39, 0.29) is 11.4 Å². The van der Waals surface area contributed by atoms with E-state index in [2.05, 4.69) is 40.7 Å². The van der Waals surface area contributed by atoms with Crippen LogP contribution < -0.4 is 21.7 Å². The number of hydrogen-bond donors (Lipinski definition) is 5. The summed E-state index contributed by atoms with van der Waals surface area (Å²) in [4.78, 5) is 17.4. The van der Waals surface area contributed by atoms with E-state index in [9.17, 15) is 5.11 Å². The van der Waals surface area contributed by atoms with E-state index in [0.29, 0.717) is 36.6 Å². The highest BCUT2D eigenvalue weighted by Gasteiger charge is 2.08. The van der Waals surface area contributed by atoms with Crippen LogP contribution in [0.2, 0.25) is 0 Å². The van der Waals surface area contributed by atoms with Gasteiger partial charge in [-0.25, -0.2) is 0 Å². The first-order valence-corrected chi connectivity index (χ1v) is 8.72. The van der Waals surface area contributed by atoms with E-state index in [0.717, 1.165) is 13.1 Å². The van der Waals surface area contributed by atoms with Crippen molar-refractivity contribution in [3.05, 3.63) is 18.2 Å². The Morgan fingerprint density at radius 3 is 1.89 bits per heavy atom. The van der Waals surface area contributed by atoms with Crippen molar-refractivity contribution in [2.24, 2.45) is 0 Å². The first-order chi connectivity index (χ1) is 12.8. The van der Waals surface area contributed by atoms with Gasteiger partial charge in [0.2, 0.25) is 17.8 Å². The molecule has 1 aromatic carbocycles. The third kappa shape index (κ3) is 7.12. The standard InChI is InChI=1S/C17H29N9O/c1-25(2)9-7-19-15-22-16(20-8-10-26(3)4)24-17(23-15)21-12-5-6-14(27)13(18)11-12/h5-6,11,27H,7-10,18H2,1-4H3,(H3,19,20,21,22,23,24). The van der Waals surface area contributed by atoms with Gasteiger partial charge < -0.3 is 36.6 Å². The van der Waals surface area contributed by atoms with Gasteiger partial charge in [-0.05, 0) is 46.4 Å². The molecule has 0 fully saturated rings. The normalized spacial score (nSPS) is 11.0. The molecule has 0 unspecified atom stereocenters. The largest absolute Gasteiger partial charge is 0.506 e. The molecule has 0 saturated heterocycles. The number of nitrogens with two attached hydrogens (primary N) is 1. The van der Waals surface area contributed by atoms with Crippen molar-refractivity contribution >= 4 is 29.2 Å². The van der Waals surface area contributed by atoms with Crippen LogP contribution in [0.3, 0.4) is 0 Å². The molecule has 2 aromatic rings. The fraction of sp³-hybridized carbons (Fsp3) is 0.471. The Morgan fingerprint density at radius 2 is 1.41 bits per heavy atom. The Hall–Kier alpha value is -2.85. The molecule has 0 aliphatic carbocycles. The Kier molecular flexibility index (Phi) is 7.38. The van der Waals surface area contributed by atoms with Gasteiger partial charge in [-0.3, -0.25) is 0 Å². The van der Waals surface area contributed by atoms with E-state index in [1.54, 1.807) is 12.1 Å². The molecule has 0 aliphatic heterocycles. The molecule has 0 spiro atoms. The van der Waals surface area contributed by atoms with Crippen LogP contribution in [0.25, 0.3) is 0 Å². The molecule has 0 radical (unpaired) electrons. The molecule has 6 N–H and O–H groups in total. The van der Waals surface area contributed by atoms with Gasteiger partial charge in [-0.1, -0.05) is 0 Å². The zero-order valence-electron chi connectivity index (χ0n) is 16.3. The van der Waals surface area contributed by atoms with Crippen LogP contribution in [-0.4, -0.2) is 84.2 Å². The van der Waals surface area contributed by atoms with Crippen LogP contribution in [0.1, 0.15) is 0 Å². The summed E-state index contributed by atoms with van der Waals surface area (Å²) in [7, 11) is 8.02. The van der Waals surface area contributed by atoms with Crippen molar-refractivity contribution in [1.29, 1.82) is 0 Å². The quantitative estimate of drug-likeness (QED) is 0.232. The fourth-order valence-electron chi connectivity index (χ4n) is 2.13. The third-order valence-electron chi connectivity index (χ3n) is 3.60. The summed E-state index contributed by atoms with van der Waals surface area (Å²) in [6, 6.07) is 4.84. The number of aromatic nitrogens is 3. The van der Waals surface area contributed by atoms with Gasteiger partial charge >= 0.3 is 0 Å². The van der Waals surface area contributed by atoms with E-state index in [1.807, 2.05) is 28.2 Å². The van der Waals surface area contributed by atoms with Gasteiger partial charge in [0.25, 0.3) is 0 Å². The average Bonchev–Trinajstić information content (AvgIpc) is 2.57. The zero-order valence-corrected chi connectivity index (χ0v) is 16.3. The number of hydrogen-bond acceptors (Lipinski definition) is 10. The van der Waals surface area contributed by atoms with Crippen molar-refractivity contribution in [3.8, 4) is 5.75 Å². The maximum Gasteiger partial charge on any atom is 0.233 e. The SMILES string of the molecule is CN(C)CCNc1nc(NCCN(C)C)nc(Nc2ccc(O)c(N)c2)n1. The number of benzene rings is 1. The molecular weight excluding hydrogens is 346 g/mol. The van der Waals surface area contributed by atoms with Gasteiger partial charge in [-0.15, -0.1) is 0 Å². The maximum absolute atomic E-state index is 9.56. The lowest BCUT2D eigenvalue weighted by atomic mass is 10.2. The average molecular weight is 375 g/mol. The fourth-order valence-corrected chi connectivity index (χ4v) is 2.13. The van der Waals surface area contributed by atoms with Gasteiger partial charge in [0.15, 0.2) is 0 Å². The summed E-state index contributed by atoms with van der Waals surface area (Å²) in [5, 5.41) is 19.1. The molecule has 1 aromatic heterocycles. The molecule has 0 atom stereocenters. The van der Waals surface area contributed by atoms with Gasteiger partial charge in [-0.2, -0.15) is 15.0 Å². The summed E-state index contributed by atoms with van der Waals surface area (Å²) in [6.45, 7) is 3.12. The van der Waals surface area contributed by atoms with E-state index in [1.165, 1.54) is 6.07 Å². The second kappa shape index (κ2) is 9.74. The lowest BCUT2D eigenvalue weighted by Gasteiger charge is -2.14. The van der Waals surface area contributed by atoms with Crippen LogP contribution in [0.4, 0.5) is 29.2 Å². The predicted molar refractivity (Wildman–Crippen MR) is 110 cm³/mol. The van der Waals surface area contributed by atoms with Crippen molar-refractivity contribution in [2.75, 3.05) is 76.1 Å². The molecule has 27 heavy (non-hydrogen) atoms. The van der Waals surface area contributed by atoms with Gasteiger partial charge in [0, 0.05) is 31.9 Å². The summed E-state index contributed by atoms with van der Waals surface area (Å²) in [6.07, 6.45) is 0. The highest BCUT2D eigenvalue weighted by molar-refractivity contribution is 5.65. The Morgan fingerprint density at radius 1 is 0.889 bits per heavy atom.